The molecule has 1 spiro atoms. The average Bonchev–Trinajstić information content (AvgIpc) is 3.59. The van der Waals surface area contributed by atoms with E-state index < -0.39 is 67.5 Å². The number of aromatic nitrogens is 1. The number of nitrogens with zero attached hydrogens (tertiary/aromatic N) is 1. The summed E-state index contributed by atoms with van der Waals surface area (Å²) in [6.07, 6.45) is 6.85. The monoisotopic (exact) mass is 796 g/mol. The molecule has 55 heavy (non-hydrogen) atoms. The minimum Gasteiger partial charge on any atom is -0.449 e. The van der Waals surface area contributed by atoms with E-state index in [1.165, 1.54) is 13.2 Å². The number of phosphoric ester groups is 1. The van der Waals surface area contributed by atoms with Gasteiger partial charge in [0.1, 0.15) is 24.2 Å². The van der Waals surface area contributed by atoms with Gasteiger partial charge in [0.25, 0.3) is 0 Å². The van der Waals surface area contributed by atoms with Crippen LogP contribution in [0.4, 0.5) is 0 Å². The quantitative estimate of drug-likeness (QED) is 0.0625. The van der Waals surface area contributed by atoms with Crippen molar-refractivity contribution < 1.29 is 57.2 Å². The van der Waals surface area contributed by atoms with Gasteiger partial charge < -0.3 is 49.1 Å². The smallest absolute Gasteiger partial charge is 0.449 e. The number of allylic oxidation sites excluding steroid dienone is 4. The SMILES string of the molecule is COC(CC(O)C(C)C(O)C(C)/C=C(C)/C(C)=C/CC/C(C)=C\C(N)=O)[C@H]1OC2(C[C@H](OC)[C@H](C)[C@H](C/C=C/c3coc(C)n3)O2)C(C)(C)[C@H]1OP(=O)(O)O. The molecule has 6 N–H and O–H groups in total. The first-order valence-electron chi connectivity index (χ1n) is 19.0. The van der Waals surface area contributed by atoms with Crippen LogP contribution in [0.1, 0.15) is 99.1 Å². The summed E-state index contributed by atoms with van der Waals surface area (Å²) < 4.78 is 48.7. The lowest BCUT2D eigenvalue weighted by Crippen LogP contribution is -2.58. The number of carbonyl (C=O) groups excluding carboxylic acids is 1. The number of aliphatic hydroxyl groups is 2. The number of hydrogen-bond donors (Lipinski definition) is 5. The number of carbonyl (C=O) groups is 1. The van der Waals surface area contributed by atoms with Crippen LogP contribution in [-0.2, 0) is 32.8 Å². The molecule has 2 aliphatic rings. The third-order valence-corrected chi connectivity index (χ3v) is 12.0. The number of rotatable bonds is 19. The average molecular weight is 797 g/mol. The number of ether oxygens (including phenoxy) is 4. The highest BCUT2D eigenvalue weighted by Gasteiger charge is 2.68. The molecular formula is C40H65N2O12P. The number of methoxy groups -OCH3 is 2. The molecule has 3 heterocycles. The van der Waals surface area contributed by atoms with Gasteiger partial charge in [-0.25, -0.2) is 9.55 Å². The normalized spacial score (nSPS) is 29.4. The molecule has 1 aromatic heterocycles. The van der Waals surface area contributed by atoms with Crippen LogP contribution in [0.2, 0.25) is 0 Å². The molecule has 2 fully saturated rings. The van der Waals surface area contributed by atoms with Crippen molar-refractivity contribution in [3.05, 3.63) is 58.9 Å². The summed E-state index contributed by atoms with van der Waals surface area (Å²) in [6.45, 7) is 16.8. The number of hydrogen-bond acceptors (Lipinski definition) is 11. The second-order valence-electron chi connectivity index (χ2n) is 16.0. The molecule has 0 saturated carbocycles. The van der Waals surface area contributed by atoms with Crippen LogP contribution in [-0.4, -0.2) is 93.6 Å². The Morgan fingerprint density at radius 1 is 1.15 bits per heavy atom. The van der Waals surface area contributed by atoms with Gasteiger partial charge in [0.05, 0.1) is 30.5 Å². The summed E-state index contributed by atoms with van der Waals surface area (Å²) in [6, 6.07) is 0. The molecule has 2 aliphatic heterocycles. The number of amides is 1. The van der Waals surface area contributed by atoms with E-state index in [0.717, 1.165) is 23.1 Å². The molecule has 0 radical (unpaired) electrons. The van der Waals surface area contributed by atoms with Crippen LogP contribution >= 0.6 is 7.82 Å². The maximum atomic E-state index is 12.5. The fourth-order valence-electron chi connectivity index (χ4n) is 7.73. The molecule has 1 aromatic rings. The van der Waals surface area contributed by atoms with Gasteiger partial charge in [0.15, 0.2) is 11.7 Å². The second kappa shape index (κ2) is 19.8. The summed E-state index contributed by atoms with van der Waals surface area (Å²) in [5.74, 6) is -2.37. The van der Waals surface area contributed by atoms with E-state index >= 15 is 0 Å². The van der Waals surface area contributed by atoms with Crippen molar-refractivity contribution in [3.8, 4) is 0 Å². The number of aliphatic hydroxyl groups excluding tert-OH is 2. The van der Waals surface area contributed by atoms with E-state index in [4.69, 9.17) is 33.6 Å². The summed E-state index contributed by atoms with van der Waals surface area (Å²) in [5, 5.41) is 22.9. The topological polar surface area (TPSA) is 213 Å². The van der Waals surface area contributed by atoms with Crippen molar-refractivity contribution in [2.24, 2.45) is 28.9 Å². The van der Waals surface area contributed by atoms with Crippen molar-refractivity contribution in [3.63, 3.8) is 0 Å². The third-order valence-electron chi connectivity index (χ3n) is 11.5. The molecule has 14 nitrogen and oxygen atoms in total. The highest BCUT2D eigenvalue weighted by Crippen LogP contribution is 2.59. The van der Waals surface area contributed by atoms with Gasteiger partial charge in [-0.15, -0.1) is 0 Å². The predicted molar refractivity (Wildman–Crippen MR) is 208 cm³/mol. The van der Waals surface area contributed by atoms with Crippen molar-refractivity contribution in [2.75, 3.05) is 14.2 Å². The summed E-state index contributed by atoms with van der Waals surface area (Å²) >= 11 is 0. The summed E-state index contributed by atoms with van der Waals surface area (Å²) in [7, 11) is -2.01. The highest BCUT2D eigenvalue weighted by molar-refractivity contribution is 7.46. The van der Waals surface area contributed by atoms with Crippen molar-refractivity contribution in [1.82, 2.24) is 4.98 Å². The Hall–Kier alpha value is -2.49. The second-order valence-corrected chi connectivity index (χ2v) is 17.1. The number of aryl methyl sites for hydroxylation is 1. The maximum absolute atomic E-state index is 12.5. The van der Waals surface area contributed by atoms with Gasteiger partial charge in [-0.1, -0.05) is 69.6 Å². The Kier molecular flexibility index (Phi) is 16.9. The minimum atomic E-state index is -5.06. The molecule has 11 atom stereocenters. The van der Waals surface area contributed by atoms with E-state index in [1.54, 1.807) is 41.1 Å². The Morgan fingerprint density at radius 3 is 2.38 bits per heavy atom. The zero-order valence-corrected chi connectivity index (χ0v) is 35.2. The van der Waals surface area contributed by atoms with E-state index in [0.29, 0.717) is 24.4 Å². The lowest BCUT2D eigenvalue weighted by molar-refractivity contribution is -0.336. The Labute approximate surface area is 326 Å². The van der Waals surface area contributed by atoms with Crippen LogP contribution in [0.3, 0.4) is 0 Å². The van der Waals surface area contributed by atoms with Gasteiger partial charge >= 0.3 is 7.82 Å². The zero-order chi connectivity index (χ0) is 41.5. The molecule has 2 saturated heterocycles. The van der Waals surface area contributed by atoms with Gasteiger partial charge in [0, 0.05) is 63.2 Å². The standard InChI is InChI=1S/C40H65N2O12P/c1-23(18-35(41)44)14-12-15-24(2)25(3)19-26(4)36(45)27(5)31(43)20-33(49-10)37-38(54-55(46,47)48)39(8,9)40(53-37)21-34(50-11)28(6)32(52-40)17-13-16-30-22-51-29(7)42-30/h13,15-16,18-19,22,26-28,31-34,36-38,43,45H,12,14,17,20-21H2,1-11H3,(H2,41,44)(H2,46,47,48)/b16-13+,23-18-,24-15+,25-19+/t26?,27?,28-,31?,32+,33?,34+,36?,37-,38+,40?/m1/s1. The van der Waals surface area contributed by atoms with E-state index in [1.807, 2.05) is 52.8 Å². The molecule has 15 heteroatoms. The first-order chi connectivity index (χ1) is 25.5. The highest BCUT2D eigenvalue weighted by atomic mass is 31.2. The number of oxazole rings is 1. The Morgan fingerprint density at radius 2 is 1.82 bits per heavy atom. The molecule has 312 valence electrons. The van der Waals surface area contributed by atoms with Gasteiger partial charge in [-0.2, -0.15) is 0 Å². The summed E-state index contributed by atoms with van der Waals surface area (Å²) in [4.78, 5) is 35.6. The van der Waals surface area contributed by atoms with Crippen LogP contribution < -0.4 is 5.73 Å². The Balaban J connectivity index is 1.83. The summed E-state index contributed by atoms with van der Waals surface area (Å²) in [5.41, 5.74) is 7.66. The fourth-order valence-corrected chi connectivity index (χ4v) is 8.41. The molecule has 1 amide bonds. The predicted octanol–water partition coefficient (Wildman–Crippen LogP) is 5.93. The van der Waals surface area contributed by atoms with Crippen molar-refractivity contribution in [2.45, 2.75) is 143 Å². The fraction of sp³-hybridized carbons (Fsp3) is 0.700. The molecule has 0 bridgehead atoms. The van der Waals surface area contributed by atoms with E-state index in [9.17, 15) is 29.4 Å². The molecular weight excluding hydrogens is 731 g/mol. The van der Waals surface area contributed by atoms with Crippen LogP contribution in [0.25, 0.3) is 6.08 Å². The zero-order valence-electron chi connectivity index (χ0n) is 34.3. The van der Waals surface area contributed by atoms with Crippen molar-refractivity contribution >= 4 is 19.8 Å². The van der Waals surface area contributed by atoms with Gasteiger partial charge in [-0.3, -0.25) is 9.32 Å². The first-order valence-corrected chi connectivity index (χ1v) is 20.5. The molecule has 3 rings (SSSR count). The third kappa shape index (κ3) is 12.3. The number of nitrogens with two attached hydrogens (primary N) is 1. The largest absolute Gasteiger partial charge is 0.469 e. The molecule has 0 aliphatic carbocycles. The van der Waals surface area contributed by atoms with Gasteiger partial charge in [0.2, 0.25) is 5.91 Å². The van der Waals surface area contributed by atoms with E-state index in [2.05, 4.69) is 11.1 Å². The van der Waals surface area contributed by atoms with Crippen LogP contribution in [0, 0.1) is 30.1 Å². The van der Waals surface area contributed by atoms with Crippen LogP contribution in [0.15, 0.2) is 51.7 Å². The lowest BCUT2D eigenvalue weighted by Gasteiger charge is -2.50. The molecule has 6 unspecified atom stereocenters. The number of primary amides is 1. The lowest BCUT2D eigenvalue weighted by atomic mass is 9.72. The van der Waals surface area contributed by atoms with Gasteiger partial charge in [-0.05, 0) is 46.1 Å². The Bertz CT molecular complexity index is 1600. The number of phosphoric acid groups is 1. The first kappa shape index (κ1) is 46.9. The maximum Gasteiger partial charge on any atom is 0.469 e. The van der Waals surface area contributed by atoms with E-state index in [-0.39, 0.29) is 30.8 Å². The van der Waals surface area contributed by atoms with Crippen molar-refractivity contribution in [1.29, 1.82) is 0 Å². The minimum absolute atomic E-state index is 0.0352. The molecule has 0 aromatic carbocycles. The van der Waals surface area contributed by atoms with Crippen LogP contribution in [0.5, 0.6) is 0 Å².